The minimum absolute atomic E-state index is 1.16. The van der Waals surface area contributed by atoms with Gasteiger partial charge in [0.1, 0.15) is 0 Å². The van der Waals surface area contributed by atoms with Crippen LogP contribution < -0.4 is 30.5 Å². The maximum absolute atomic E-state index is 2.53. The van der Waals surface area contributed by atoms with Gasteiger partial charge in [-0.05, 0) is 93.7 Å². The monoisotopic (exact) mass is 976 g/mol. The first-order chi connectivity index (χ1) is 33.3. The van der Waals surface area contributed by atoms with Crippen molar-refractivity contribution in [1.82, 2.24) is 0 Å². The third-order valence-corrected chi connectivity index (χ3v) is 22.7. The summed E-state index contributed by atoms with van der Waals surface area (Å²) in [6, 6.07) is 74.7. The molecule has 10 aromatic carbocycles. The van der Waals surface area contributed by atoms with Crippen molar-refractivity contribution in [3.05, 3.63) is 194 Å². The van der Waals surface area contributed by atoms with Gasteiger partial charge in [0.25, 0.3) is 0 Å². The zero-order valence-electron chi connectivity index (χ0n) is 43.4. The third-order valence-electron chi connectivity index (χ3n) is 14.5. The average Bonchev–Trinajstić information content (AvgIpc) is 3.34. The first-order valence-corrected chi connectivity index (χ1v) is 39.2. The summed E-state index contributed by atoms with van der Waals surface area (Å²) in [6.07, 6.45) is 0. The Morgan fingerprint density at radius 3 is 0.743 bits per heavy atom. The van der Waals surface area contributed by atoms with Gasteiger partial charge in [-0.25, -0.2) is 0 Å². The van der Waals surface area contributed by atoms with Gasteiger partial charge >= 0.3 is 0 Å². The summed E-state index contributed by atoms with van der Waals surface area (Å²) < 4.78 is 0. The van der Waals surface area contributed by atoms with Crippen LogP contribution in [-0.2, 0) is 0 Å². The second kappa shape index (κ2) is 17.8. The molecule has 0 saturated carbocycles. The van der Waals surface area contributed by atoms with E-state index < -0.39 is 32.3 Å². The van der Waals surface area contributed by atoms with Gasteiger partial charge in [-0.15, -0.1) is 0 Å². The molecule has 0 aliphatic heterocycles. The lowest BCUT2D eigenvalue weighted by atomic mass is 9.85. The van der Waals surface area contributed by atoms with E-state index in [4.69, 9.17) is 0 Å². The quantitative estimate of drug-likeness (QED) is 0.0889. The molecule has 6 heteroatoms. The summed E-state index contributed by atoms with van der Waals surface area (Å²) in [7, 11) is -6.22. The molecule has 10 aromatic rings. The van der Waals surface area contributed by atoms with Crippen molar-refractivity contribution in [3.63, 3.8) is 0 Å². The average molecular weight is 978 g/mol. The lowest BCUT2D eigenvalue weighted by Gasteiger charge is -2.32. The number of hydrogen-bond acceptors (Lipinski definition) is 2. The van der Waals surface area contributed by atoms with E-state index in [0.29, 0.717) is 0 Å². The molecule has 0 unspecified atom stereocenters. The molecular weight excluding hydrogens is 909 g/mol. The van der Waals surface area contributed by atoms with Gasteiger partial charge in [0.15, 0.2) is 0 Å². The Kier molecular flexibility index (Phi) is 12.1. The molecule has 0 spiro atoms. The van der Waals surface area contributed by atoms with Crippen molar-refractivity contribution in [2.75, 3.05) is 9.80 Å². The molecule has 70 heavy (non-hydrogen) atoms. The predicted molar refractivity (Wildman–Crippen MR) is 322 cm³/mol. The Morgan fingerprint density at radius 2 is 0.500 bits per heavy atom. The van der Waals surface area contributed by atoms with Crippen LogP contribution in [0, 0.1) is 0 Å². The van der Waals surface area contributed by atoms with E-state index in [1.54, 1.807) is 0 Å². The molecular formula is C64H68N2Si4. The van der Waals surface area contributed by atoms with Crippen molar-refractivity contribution in [2.24, 2.45) is 0 Å². The van der Waals surface area contributed by atoms with Crippen LogP contribution in [-0.4, -0.2) is 32.3 Å². The molecule has 0 saturated heterocycles. The lowest BCUT2D eigenvalue weighted by Crippen LogP contribution is -2.37. The smallest absolute Gasteiger partial charge is 0.0775 e. The minimum Gasteiger partial charge on any atom is -0.310 e. The third kappa shape index (κ3) is 8.92. The van der Waals surface area contributed by atoms with Crippen LogP contribution in [0.3, 0.4) is 0 Å². The number of anilines is 6. The normalized spacial score (nSPS) is 12.6. The largest absolute Gasteiger partial charge is 0.310 e. The molecule has 0 fully saturated rings. The van der Waals surface area contributed by atoms with Crippen LogP contribution in [0.25, 0.3) is 54.6 Å². The Balaban J connectivity index is 1.34. The molecule has 0 heterocycles. The fourth-order valence-electron chi connectivity index (χ4n) is 10.3. The molecule has 0 aliphatic rings. The van der Waals surface area contributed by atoms with Gasteiger partial charge in [0, 0.05) is 44.3 Å². The van der Waals surface area contributed by atoms with Crippen LogP contribution in [0.4, 0.5) is 34.1 Å². The van der Waals surface area contributed by atoms with Gasteiger partial charge in [0.2, 0.25) is 0 Å². The molecule has 0 bridgehead atoms. The van der Waals surface area contributed by atoms with E-state index in [2.05, 4.69) is 282 Å². The standard InChI is InChI=1S/C64H68N2Si4/c1-67(2,3)51-31-23-47(24-32-51)65(48-25-33-52(34-26-48)68(4,5)6)61-43-59(45-19-15-13-16-20-45)55-40-42-58-62(44-60(46-21-17-14-18-22-46)56-39-41-57(61)63(55)64(56)58)66(49-27-35-53(36-28-49)69(7,8)9)50-29-37-54(38-30-50)70(10,11)12/h13-44H,1-12H3. The Morgan fingerprint density at radius 1 is 0.257 bits per heavy atom. The van der Waals surface area contributed by atoms with Gasteiger partial charge in [0.05, 0.1) is 43.7 Å². The zero-order valence-corrected chi connectivity index (χ0v) is 47.4. The molecule has 0 N–H and O–H groups in total. The fourth-order valence-corrected chi connectivity index (χ4v) is 15.0. The molecule has 2 nitrogen and oxygen atoms in total. The van der Waals surface area contributed by atoms with Gasteiger partial charge in [-0.3, -0.25) is 0 Å². The van der Waals surface area contributed by atoms with Crippen molar-refractivity contribution in [2.45, 2.75) is 78.6 Å². The minimum atomic E-state index is -1.55. The maximum Gasteiger partial charge on any atom is 0.0775 e. The highest BCUT2D eigenvalue weighted by molar-refractivity contribution is 6.90. The summed E-state index contributed by atoms with van der Waals surface area (Å²) in [5.74, 6) is 0. The van der Waals surface area contributed by atoms with Crippen LogP contribution in [0.15, 0.2) is 194 Å². The Labute approximate surface area is 421 Å². The molecule has 350 valence electrons. The van der Waals surface area contributed by atoms with Gasteiger partial charge in [-0.2, -0.15) is 0 Å². The van der Waals surface area contributed by atoms with Crippen molar-refractivity contribution < 1.29 is 0 Å². The summed E-state index contributed by atoms with van der Waals surface area (Å²) in [5, 5.41) is 13.4. The highest BCUT2D eigenvalue weighted by atomic mass is 28.3. The van der Waals surface area contributed by atoms with Crippen molar-refractivity contribution in [1.29, 1.82) is 0 Å². The molecule has 0 amide bonds. The number of hydrogen-bond donors (Lipinski definition) is 0. The number of nitrogens with zero attached hydrogens (tertiary/aromatic N) is 2. The first-order valence-electron chi connectivity index (χ1n) is 25.2. The number of benzene rings is 10. The van der Waals surface area contributed by atoms with Crippen LogP contribution in [0.5, 0.6) is 0 Å². The zero-order chi connectivity index (χ0) is 49.3. The lowest BCUT2D eigenvalue weighted by molar-refractivity contribution is 1.30. The summed E-state index contributed by atoms with van der Waals surface area (Å²) in [4.78, 5) is 5.07. The number of rotatable bonds is 12. The SMILES string of the molecule is C[Si](C)(C)c1ccc(N(c2ccc([Si](C)(C)C)cc2)c2cc(-c3ccccc3)c3ccc4c(N(c5ccc([Si](C)(C)C)cc5)c5ccc([Si](C)(C)C)cc5)cc(-c5ccccc5)c5ccc2c3c54)cc1. The molecule has 0 aromatic heterocycles. The summed E-state index contributed by atoms with van der Waals surface area (Å²) in [6.45, 7) is 29.2. The van der Waals surface area contributed by atoms with E-state index >= 15 is 0 Å². The van der Waals surface area contributed by atoms with E-state index in [1.807, 2.05) is 0 Å². The Hall–Kier alpha value is -6.29. The van der Waals surface area contributed by atoms with Crippen molar-refractivity contribution in [3.8, 4) is 22.3 Å². The first kappa shape index (κ1) is 47.4. The van der Waals surface area contributed by atoms with E-state index in [0.717, 1.165) is 22.7 Å². The fraction of sp³-hybridized carbons (Fsp3) is 0.188. The van der Waals surface area contributed by atoms with Crippen molar-refractivity contribution >= 4 is 119 Å². The van der Waals surface area contributed by atoms with Crippen LogP contribution in [0.2, 0.25) is 78.6 Å². The summed E-state index contributed by atoms with van der Waals surface area (Å²) in [5.41, 5.74) is 11.9. The Bertz CT molecular complexity index is 3120. The maximum atomic E-state index is 2.53. The molecule has 10 rings (SSSR count). The van der Waals surface area contributed by atoms with Crippen LogP contribution >= 0.6 is 0 Å². The summed E-state index contributed by atoms with van der Waals surface area (Å²) >= 11 is 0. The predicted octanol–water partition coefficient (Wildman–Crippen LogP) is 17.0. The topological polar surface area (TPSA) is 6.48 Å². The van der Waals surface area contributed by atoms with Crippen LogP contribution in [0.1, 0.15) is 0 Å². The highest BCUT2D eigenvalue weighted by Crippen LogP contribution is 2.52. The van der Waals surface area contributed by atoms with Gasteiger partial charge < -0.3 is 9.80 Å². The molecule has 0 aliphatic carbocycles. The van der Waals surface area contributed by atoms with E-state index in [-0.39, 0.29) is 0 Å². The van der Waals surface area contributed by atoms with E-state index in [9.17, 15) is 0 Å². The van der Waals surface area contributed by atoms with E-state index in [1.165, 1.54) is 86.7 Å². The molecule has 0 radical (unpaired) electrons. The van der Waals surface area contributed by atoms with Gasteiger partial charge in [-0.1, -0.05) is 233 Å². The highest BCUT2D eigenvalue weighted by Gasteiger charge is 2.28. The second-order valence-corrected chi connectivity index (χ2v) is 43.9. The molecule has 0 atom stereocenters. The second-order valence-electron chi connectivity index (χ2n) is 23.5.